The van der Waals surface area contributed by atoms with Crippen molar-refractivity contribution in [2.75, 3.05) is 26.2 Å². The summed E-state index contributed by atoms with van der Waals surface area (Å²) in [6.07, 6.45) is 0.855. The molecule has 0 radical (unpaired) electrons. The monoisotopic (exact) mass is 352 g/mol. The maximum Gasteiger partial charge on any atom is 0.131 e. The molecule has 1 fully saturated rings. The van der Waals surface area contributed by atoms with Gasteiger partial charge in [-0.2, -0.15) is 0 Å². The summed E-state index contributed by atoms with van der Waals surface area (Å²) in [4.78, 5) is 2.29. The number of hydrogen-bond acceptors (Lipinski definition) is 3. The van der Waals surface area contributed by atoms with Crippen LogP contribution in [0.25, 0.3) is 0 Å². The molecular formula is C16H27Cl2FN2O. The number of nitrogens with one attached hydrogen (secondary N) is 1. The van der Waals surface area contributed by atoms with Gasteiger partial charge in [0.2, 0.25) is 0 Å². The first-order valence-electron chi connectivity index (χ1n) is 7.43. The third-order valence-electron chi connectivity index (χ3n) is 3.99. The average Bonchev–Trinajstić information content (AvgIpc) is 2.43. The predicted octanol–water partition coefficient (Wildman–Crippen LogP) is 3.68. The number of halogens is 3. The van der Waals surface area contributed by atoms with Crippen LogP contribution in [0.3, 0.4) is 0 Å². The Hall–Kier alpha value is -0.550. The van der Waals surface area contributed by atoms with E-state index in [-0.39, 0.29) is 42.4 Å². The first kappa shape index (κ1) is 21.4. The molecule has 0 unspecified atom stereocenters. The number of aromatic hydroxyl groups is 1. The Kier molecular flexibility index (Phi) is 9.32. The first-order chi connectivity index (χ1) is 9.50. The fourth-order valence-electron chi connectivity index (χ4n) is 2.90. The zero-order valence-corrected chi connectivity index (χ0v) is 15.1. The van der Waals surface area contributed by atoms with Crippen molar-refractivity contribution < 1.29 is 9.50 Å². The molecule has 0 spiro atoms. The normalized spacial score (nSPS) is 16.8. The van der Waals surface area contributed by atoms with Crippen molar-refractivity contribution in [3.8, 4) is 5.75 Å². The molecule has 1 heterocycles. The first-order valence-corrected chi connectivity index (χ1v) is 7.43. The molecule has 2 rings (SSSR count). The second kappa shape index (κ2) is 9.56. The van der Waals surface area contributed by atoms with Crippen LogP contribution < -0.4 is 5.32 Å². The smallest absolute Gasteiger partial charge is 0.131 e. The van der Waals surface area contributed by atoms with Crippen LogP contribution in [0, 0.1) is 18.7 Å². The number of phenols is 1. The third-order valence-corrected chi connectivity index (χ3v) is 3.99. The molecule has 1 aromatic carbocycles. The number of phenolic OH excluding ortho intramolecular Hbond substituents is 1. The quantitative estimate of drug-likeness (QED) is 0.867. The minimum absolute atomic E-state index is 0. The van der Waals surface area contributed by atoms with E-state index < -0.39 is 0 Å². The highest BCUT2D eigenvalue weighted by Gasteiger charge is 2.28. The lowest BCUT2D eigenvalue weighted by Crippen LogP contribution is -2.45. The van der Waals surface area contributed by atoms with Gasteiger partial charge in [0.05, 0.1) is 0 Å². The summed E-state index contributed by atoms with van der Waals surface area (Å²) in [5.41, 5.74) is 1.21. The van der Waals surface area contributed by atoms with Crippen molar-refractivity contribution >= 4 is 24.8 Å². The van der Waals surface area contributed by atoms with Crippen LogP contribution >= 0.6 is 24.8 Å². The zero-order valence-electron chi connectivity index (χ0n) is 13.4. The van der Waals surface area contributed by atoms with Crippen LogP contribution in [0.4, 0.5) is 4.39 Å². The predicted molar refractivity (Wildman–Crippen MR) is 93.9 cm³/mol. The molecule has 0 aliphatic carbocycles. The van der Waals surface area contributed by atoms with E-state index in [0.29, 0.717) is 11.5 Å². The molecule has 0 amide bonds. The van der Waals surface area contributed by atoms with Crippen LogP contribution in [0.2, 0.25) is 0 Å². The van der Waals surface area contributed by atoms with Crippen molar-refractivity contribution in [2.45, 2.75) is 33.2 Å². The van der Waals surface area contributed by atoms with Crippen molar-refractivity contribution in [1.82, 2.24) is 10.2 Å². The number of nitrogens with zero attached hydrogens (tertiary/aromatic N) is 1. The van der Waals surface area contributed by atoms with Crippen LogP contribution in [0.15, 0.2) is 12.1 Å². The number of benzene rings is 1. The summed E-state index contributed by atoms with van der Waals surface area (Å²) < 4.78 is 14.3. The van der Waals surface area contributed by atoms with Gasteiger partial charge in [-0.25, -0.2) is 4.39 Å². The molecule has 3 nitrogen and oxygen atoms in total. The van der Waals surface area contributed by atoms with Crippen LogP contribution in [-0.4, -0.2) is 36.2 Å². The lowest BCUT2D eigenvalue weighted by molar-refractivity contribution is 0.148. The van der Waals surface area contributed by atoms with E-state index in [0.717, 1.165) is 38.2 Å². The second-order valence-electron chi connectivity index (χ2n) is 6.06. The number of aryl methyl sites for hydroxylation is 1. The Morgan fingerprint density at radius 2 is 1.82 bits per heavy atom. The van der Waals surface area contributed by atoms with Gasteiger partial charge in [-0.05, 0) is 30.9 Å². The molecule has 1 aliphatic rings. The van der Waals surface area contributed by atoms with Gasteiger partial charge in [0.1, 0.15) is 11.6 Å². The van der Waals surface area contributed by atoms with Crippen LogP contribution in [0.5, 0.6) is 5.75 Å². The van der Waals surface area contributed by atoms with E-state index in [1.807, 2.05) is 6.92 Å². The lowest BCUT2D eigenvalue weighted by atomic mass is 9.92. The molecule has 0 bridgehead atoms. The topological polar surface area (TPSA) is 35.5 Å². The Labute approximate surface area is 145 Å². The Morgan fingerprint density at radius 3 is 2.36 bits per heavy atom. The average molecular weight is 353 g/mol. The molecule has 128 valence electrons. The molecule has 0 aromatic heterocycles. The van der Waals surface area contributed by atoms with Gasteiger partial charge in [0, 0.05) is 37.8 Å². The van der Waals surface area contributed by atoms with Gasteiger partial charge in [-0.1, -0.05) is 19.9 Å². The molecule has 1 aliphatic heterocycles. The Bertz CT molecular complexity index is 466. The molecule has 2 N–H and O–H groups in total. The molecule has 6 heteroatoms. The SMILES string of the molecule is Cc1ccc(F)c([C@H](CC(C)C)N2CCNCC2)c1O.Cl.Cl. The number of piperazine rings is 1. The Balaban J connectivity index is 0.00000220. The summed E-state index contributed by atoms with van der Waals surface area (Å²) in [5.74, 6) is 0.278. The fourth-order valence-corrected chi connectivity index (χ4v) is 2.90. The van der Waals surface area contributed by atoms with Crippen molar-refractivity contribution in [1.29, 1.82) is 0 Å². The minimum atomic E-state index is -0.294. The van der Waals surface area contributed by atoms with Gasteiger partial charge < -0.3 is 10.4 Å². The maximum absolute atomic E-state index is 14.3. The van der Waals surface area contributed by atoms with Gasteiger partial charge >= 0.3 is 0 Å². The summed E-state index contributed by atoms with van der Waals surface area (Å²) in [6, 6.07) is 3.06. The van der Waals surface area contributed by atoms with E-state index >= 15 is 0 Å². The van der Waals surface area contributed by atoms with Crippen LogP contribution in [0.1, 0.15) is 37.4 Å². The molecule has 0 saturated carbocycles. The molecule has 1 saturated heterocycles. The largest absolute Gasteiger partial charge is 0.507 e. The number of hydrogen-bond donors (Lipinski definition) is 2. The van der Waals surface area contributed by atoms with Crippen molar-refractivity contribution in [3.63, 3.8) is 0 Å². The van der Waals surface area contributed by atoms with Crippen LogP contribution in [-0.2, 0) is 0 Å². The lowest BCUT2D eigenvalue weighted by Gasteiger charge is -2.36. The molecule has 1 atom stereocenters. The maximum atomic E-state index is 14.3. The van der Waals surface area contributed by atoms with E-state index in [2.05, 4.69) is 24.1 Å². The van der Waals surface area contributed by atoms with E-state index in [4.69, 9.17) is 0 Å². The standard InChI is InChI=1S/C16H25FN2O.2ClH/c1-11(2)10-14(19-8-6-18-7-9-19)15-13(17)5-4-12(3)16(15)20;;/h4-5,11,14,18,20H,6-10H2,1-3H3;2*1H/t14-;;/m0../s1. The second-order valence-corrected chi connectivity index (χ2v) is 6.06. The highest BCUT2D eigenvalue weighted by molar-refractivity contribution is 5.85. The Morgan fingerprint density at radius 1 is 1.23 bits per heavy atom. The van der Waals surface area contributed by atoms with Crippen molar-refractivity contribution in [2.24, 2.45) is 5.92 Å². The molecular weight excluding hydrogens is 326 g/mol. The van der Waals surface area contributed by atoms with Gasteiger partial charge in [0.25, 0.3) is 0 Å². The highest BCUT2D eigenvalue weighted by Crippen LogP contribution is 2.37. The minimum Gasteiger partial charge on any atom is -0.507 e. The van der Waals surface area contributed by atoms with E-state index in [1.165, 1.54) is 6.07 Å². The van der Waals surface area contributed by atoms with Gasteiger partial charge in [0.15, 0.2) is 0 Å². The molecule has 1 aromatic rings. The summed E-state index contributed by atoms with van der Waals surface area (Å²) in [6.45, 7) is 9.72. The highest BCUT2D eigenvalue weighted by atomic mass is 35.5. The van der Waals surface area contributed by atoms with Crippen molar-refractivity contribution in [3.05, 3.63) is 29.1 Å². The number of rotatable bonds is 4. The summed E-state index contributed by atoms with van der Waals surface area (Å²) in [7, 11) is 0. The summed E-state index contributed by atoms with van der Waals surface area (Å²) >= 11 is 0. The zero-order chi connectivity index (χ0) is 14.7. The van der Waals surface area contributed by atoms with E-state index in [9.17, 15) is 9.50 Å². The van der Waals surface area contributed by atoms with Gasteiger partial charge in [-0.15, -0.1) is 24.8 Å². The third kappa shape index (κ3) is 4.98. The van der Waals surface area contributed by atoms with Gasteiger partial charge in [-0.3, -0.25) is 4.90 Å². The summed E-state index contributed by atoms with van der Waals surface area (Å²) in [5, 5.41) is 13.6. The van der Waals surface area contributed by atoms with E-state index in [1.54, 1.807) is 6.07 Å². The molecule has 22 heavy (non-hydrogen) atoms. The fraction of sp³-hybridized carbons (Fsp3) is 0.625.